The van der Waals surface area contributed by atoms with Gasteiger partial charge in [-0.3, -0.25) is 9.89 Å². The summed E-state index contributed by atoms with van der Waals surface area (Å²) in [7, 11) is 0. The van der Waals surface area contributed by atoms with Gasteiger partial charge < -0.3 is 5.32 Å². The maximum absolute atomic E-state index is 12.5. The van der Waals surface area contributed by atoms with Crippen LogP contribution in [0.2, 0.25) is 0 Å². The van der Waals surface area contributed by atoms with Crippen molar-refractivity contribution in [2.24, 2.45) is 0 Å². The molecule has 0 aliphatic rings. The van der Waals surface area contributed by atoms with Gasteiger partial charge in [-0.1, -0.05) is 0 Å². The fraction of sp³-hybridized carbons (Fsp3) is 0.111. The number of H-pyrrole nitrogens is 1. The second-order valence-corrected chi connectivity index (χ2v) is 5.72. The first kappa shape index (κ1) is 14.3. The van der Waals surface area contributed by atoms with Gasteiger partial charge in [0.1, 0.15) is 0 Å². The van der Waals surface area contributed by atoms with Crippen LogP contribution >= 0.6 is 0 Å². The third-order valence-corrected chi connectivity index (χ3v) is 4.04. The van der Waals surface area contributed by atoms with Gasteiger partial charge in [-0.2, -0.15) is 5.10 Å². The number of rotatable bonds is 2. The zero-order valence-electron chi connectivity index (χ0n) is 13.3. The van der Waals surface area contributed by atoms with Crippen LogP contribution in [0.3, 0.4) is 0 Å². The molecule has 0 aliphatic carbocycles. The van der Waals surface area contributed by atoms with E-state index in [1.165, 1.54) is 0 Å². The lowest BCUT2D eigenvalue weighted by molar-refractivity contribution is 0.102. The van der Waals surface area contributed by atoms with Crippen LogP contribution in [0.5, 0.6) is 0 Å². The second kappa shape index (κ2) is 5.42. The lowest BCUT2D eigenvalue weighted by atomic mass is 10.1. The van der Waals surface area contributed by atoms with Gasteiger partial charge in [0.05, 0.1) is 34.1 Å². The Morgan fingerprint density at radius 3 is 2.62 bits per heavy atom. The van der Waals surface area contributed by atoms with Crippen molar-refractivity contribution in [3.63, 3.8) is 0 Å². The maximum Gasteiger partial charge on any atom is 0.255 e. The van der Waals surface area contributed by atoms with E-state index in [-0.39, 0.29) is 5.91 Å². The molecule has 2 aromatic heterocycles. The van der Waals surface area contributed by atoms with Crippen LogP contribution in [0.4, 0.5) is 5.69 Å². The molecule has 0 aliphatic heterocycles. The van der Waals surface area contributed by atoms with Gasteiger partial charge in [-0.15, -0.1) is 0 Å². The normalized spacial score (nSPS) is 11.1. The van der Waals surface area contributed by atoms with Gasteiger partial charge in [-0.25, -0.2) is 9.97 Å². The van der Waals surface area contributed by atoms with E-state index < -0.39 is 0 Å². The molecule has 2 aromatic carbocycles. The summed E-state index contributed by atoms with van der Waals surface area (Å²) in [5, 5.41) is 10.8. The number of carbonyl (C=O) groups excluding carboxylic acids is 1. The Morgan fingerprint density at radius 1 is 1.00 bits per heavy atom. The van der Waals surface area contributed by atoms with Crippen molar-refractivity contribution in [2.45, 2.75) is 13.8 Å². The molecule has 6 nitrogen and oxygen atoms in total. The van der Waals surface area contributed by atoms with Crippen LogP contribution in [-0.2, 0) is 0 Å². The number of aromatic amines is 1. The van der Waals surface area contributed by atoms with E-state index >= 15 is 0 Å². The van der Waals surface area contributed by atoms with Gasteiger partial charge in [-0.05, 0) is 50.2 Å². The molecule has 1 amide bonds. The van der Waals surface area contributed by atoms with Crippen LogP contribution < -0.4 is 5.32 Å². The lowest BCUT2D eigenvalue weighted by Crippen LogP contribution is -2.12. The Kier molecular flexibility index (Phi) is 3.23. The van der Waals surface area contributed by atoms with Crippen molar-refractivity contribution in [2.75, 3.05) is 5.32 Å². The minimum absolute atomic E-state index is 0.184. The van der Waals surface area contributed by atoms with Crippen molar-refractivity contribution in [3.8, 4) is 0 Å². The molecule has 118 valence electrons. The van der Waals surface area contributed by atoms with E-state index in [4.69, 9.17) is 0 Å². The highest BCUT2D eigenvalue weighted by atomic mass is 16.1. The van der Waals surface area contributed by atoms with Gasteiger partial charge >= 0.3 is 0 Å². The molecule has 4 aromatic rings. The third kappa shape index (κ3) is 2.48. The Bertz CT molecular complexity index is 1080. The molecule has 2 heterocycles. The fourth-order valence-electron chi connectivity index (χ4n) is 2.59. The molecule has 0 atom stereocenters. The predicted molar refractivity (Wildman–Crippen MR) is 93.1 cm³/mol. The molecule has 4 rings (SSSR count). The Hall–Kier alpha value is -3.28. The number of hydrogen-bond acceptors (Lipinski definition) is 4. The van der Waals surface area contributed by atoms with E-state index in [1.54, 1.807) is 18.3 Å². The molecule has 0 saturated carbocycles. The number of carbonyl (C=O) groups is 1. The highest BCUT2D eigenvalue weighted by molar-refractivity contribution is 6.06. The molecule has 0 bridgehead atoms. The monoisotopic (exact) mass is 317 g/mol. The van der Waals surface area contributed by atoms with Crippen molar-refractivity contribution < 1.29 is 4.79 Å². The van der Waals surface area contributed by atoms with Gasteiger partial charge in [0, 0.05) is 16.6 Å². The van der Waals surface area contributed by atoms with E-state index in [1.807, 2.05) is 38.1 Å². The number of nitrogens with one attached hydrogen (secondary N) is 2. The molecule has 0 radical (unpaired) electrons. The van der Waals surface area contributed by atoms with E-state index in [0.29, 0.717) is 11.3 Å². The number of fused-ring (bicyclic) bond motifs is 2. The average molecular weight is 317 g/mol. The van der Waals surface area contributed by atoms with Gasteiger partial charge in [0.15, 0.2) is 0 Å². The quantitative estimate of drug-likeness (QED) is 0.593. The molecule has 0 unspecified atom stereocenters. The highest BCUT2D eigenvalue weighted by Crippen LogP contribution is 2.19. The van der Waals surface area contributed by atoms with E-state index in [2.05, 4.69) is 25.5 Å². The summed E-state index contributed by atoms with van der Waals surface area (Å²) in [5.41, 5.74) is 5.40. The number of aromatic nitrogens is 4. The van der Waals surface area contributed by atoms with Crippen LogP contribution in [0.25, 0.3) is 21.9 Å². The molecule has 24 heavy (non-hydrogen) atoms. The Labute approximate surface area is 137 Å². The van der Waals surface area contributed by atoms with Crippen molar-refractivity contribution in [1.82, 2.24) is 20.2 Å². The van der Waals surface area contributed by atoms with Crippen LogP contribution in [0.15, 0.2) is 42.6 Å². The zero-order valence-corrected chi connectivity index (χ0v) is 13.3. The first-order chi connectivity index (χ1) is 11.6. The summed E-state index contributed by atoms with van der Waals surface area (Å²) >= 11 is 0. The van der Waals surface area contributed by atoms with Crippen LogP contribution in [-0.4, -0.2) is 26.1 Å². The summed E-state index contributed by atoms with van der Waals surface area (Å²) in [6, 6.07) is 11.0. The fourth-order valence-corrected chi connectivity index (χ4v) is 2.59. The molecule has 0 fully saturated rings. The predicted octanol–water partition coefficient (Wildman–Crippen LogP) is 3.38. The summed E-state index contributed by atoms with van der Waals surface area (Å²) in [4.78, 5) is 21.5. The summed E-state index contributed by atoms with van der Waals surface area (Å²) in [6.45, 7) is 3.84. The summed E-state index contributed by atoms with van der Waals surface area (Å²) in [5.74, 6) is -0.184. The molecule has 6 heteroatoms. The third-order valence-electron chi connectivity index (χ3n) is 4.04. The minimum atomic E-state index is -0.184. The van der Waals surface area contributed by atoms with E-state index in [9.17, 15) is 4.79 Å². The smallest absolute Gasteiger partial charge is 0.255 e. The van der Waals surface area contributed by atoms with E-state index in [0.717, 1.165) is 33.3 Å². The summed E-state index contributed by atoms with van der Waals surface area (Å²) < 4.78 is 0. The average Bonchev–Trinajstić information content (AvgIpc) is 3.03. The van der Waals surface area contributed by atoms with Crippen molar-refractivity contribution in [1.29, 1.82) is 0 Å². The topological polar surface area (TPSA) is 83.6 Å². The number of amides is 1. The molecule has 0 saturated heterocycles. The molecule has 2 N–H and O–H groups in total. The number of anilines is 1. The van der Waals surface area contributed by atoms with Crippen molar-refractivity contribution in [3.05, 3.63) is 59.5 Å². The summed E-state index contributed by atoms with van der Waals surface area (Å²) in [6.07, 6.45) is 1.74. The molecular weight excluding hydrogens is 302 g/mol. The second-order valence-electron chi connectivity index (χ2n) is 5.72. The highest BCUT2D eigenvalue weighted by Gasteiger charge is 2.10. The SMILES string of the molecule is Cc1nc2ccc(C(=O)Nc3ccc4cn[nH]c4c3)cc2nc1C. The van der Waals surface area contributed by atoms with Crippen LogP contribution in [0.1, 0.15) is 21.7 Å². The minimum Gasteiger partial charge on any atom is -0.322 e. The number of aryl methyl sites for hydroxylation is 2. The largest absolute Gasteiger partial charge is 0.322 e. The number of hydrogen-bond donors (Lipinski definition) is 2. The molecule has 0 spiro atoms. The lowest BCUT2D eigenvalue weighted by Gasteiger charge is -2.07. The van der Waals surface area contributed by atoms with Gasteiger partial charge in [0.25, 0.3) is 5.91 Å². The van der Waals surface area contributed by atoms with Crippen LogP contribution in [0, 0.1) is 13.8 Å². The number of benzene rings is 2. The van der Waals surface area contributed by atoms with Crippen molar-refractivity contribution >= 4 is 33.5 Å². The number of nitrogens with zero attached hydrogens (tertiary/aromatic N) is 3. The first-order valence-corrected chi connectivity index (χ1v) is 7.60. The Balaban J connectivity index is 1.65. The zero-order chi connectivity index (χ0) is 16.7. The Morgan fingerprint density at radius 2 is 1.79 bits per heavy atom. The maximum atomic E-state index is 12.5. The van der Waals surface area contributed by atoms with Gasteiger partial charge in [0.2, 0.25) is 0 Å². The molecular formula is C18H15N5O. The standard InChI is InChI=1S/C18H15N5O/c1-10-11(2)21-17-7-12(4-6-15(17)20-10)18(24)22-14-5-3-13-9-19-23-16(13)8-14/h3-9H,1-2H3,(H,19,23)(H,22,24). The first-order valence-electron chi connectivity index (χ1n) is 7.60.